The van der Waals surface area contributed by atoms with Crippen LogP contribution in [0, 0.1) is 0 Å². The zero-order valence-electron chi connectivity index (χ0n) is 9.59. The number of aromatic nitrogens is 2. The Morgan fingerprint density at radius 3 is 3.11 bits per heavy atom. The monoisotopic (exact) mass is 263 g/mol. The third-order valence-electron chi connectivity index (χ3n) is 2.37. The summed E-state index contributed by atoms with van der Waals surface area (Å²) in [5.41, 5.74) is 6.20. The smallest absolute Gasteiger partial charge is 0.255 e. The molecule has 0 saturated carbocycles. The molecule has 2 aromatic rings. The molecule has 0 spiro atoms. The second-order valence-electron chi connectivity index (χ2n) is 3.55. The van der Waals surface area contributed by atoms with Crippen LogP contribution >= 0.6 is 11.3 Å². The molecule has 94 valence electrons. The zero-order chi connectivity index (χ0) is 12.8. The lowest BCUT2D eigenvalue weighted by atomic mass is 10.2. The summed E-state index contributed by atoms with van der Waals surface area (Å²) in [7, 11) is 0. The van der Waals surface area contributed by atoms with Gasteiger partial charge in [0.25, 0.3) is 5.91 Å². The molecule has 2 aromatic heterocycles. The fraction of sp³-hybridized carbons (Fsp3) is 0.182. The van der Waals surface area contributed by atoms with Crippen molar-refractivity contribution >= 4 is 22.9 Å². The molecule has 0 saturated heterocycles. The average Bonchev–Trinajstić information content (AvgIpc) is 2.91. The van der Waals surface area contributed by atoms with Crippen molar-refractivity contribution in [3.8, 4) is 0 Å². The highest BCUT2D eigenvalue weighted by Gasteiger charge is 2.10. The number of nitrogens with one attached hydrogen (secondary N) is 2. The van der Waals surface area contributed by atoms with Crippen LogP contribution in [0.25, 0.3) is 0 Å². The summed E-state index contributed by atoms with van der Waals surface area (Å²) in [6.45, 7) is 0.529. The van der Waals surface area contributed by atoms with E-state index in [1.807, 2.05) is 5.38 Å². The van der Waals surface area contributed by atoms with Gasteiger partial charge in [-0.2, -0.15) is 0 Å². The average molecular weight is 263 g/mol. The molecule has 0 unspecified atom stereocenters. The van der Waals surface area contributed by atoms with E-state index in [2.05, 4.69) is 20.7 Å². The Kier molecular flexibility index (Phi) is 4.21. The molecular weight excluding hydrogens is 250 g/mol. The van der Waals surface area contributed by atoms with E-state index in [1.165, 1.54) is 6.20 Å². The first kappa shape index (κ1) is 12.5. The fourth-order valence-electron chi connectivity index (χ4n) is 1.46. The van der Waals surface area contributed by atoms with Crippen LogP contribution in [0.4, 0.5) is 5.69 Å². The van der Waals surface area contributed by atoms with Gasteiger partial charge in [0.15, 0.2) is 0 Å². The minimum Gasteiger partial charge on any atom is -0.352 e. The lowest BCUT2D eigenvalue weighted by molar-refractivity contribution is 0.0954. The quantitative estimate of drug-likeness (QED) is 0.548. The standard InChI is InChI=1S/C11H13N5OS/c12-16-10-2-3-13-5-9(10)11(17)14-4-1-8-6-18-7-15-8/h2-3,5-7H,1,4,12H2,(H,13,16)(H,14,17). The van der Waals surface area contributed by atoms with E-state index in [4.69, 9.17) is 5.84 Å². The van der Waals surface area contributed by atoms with E-state index in [-0.39, 0.29) is 5.91 Å². The van der Waals surface area contributed by atoms with E-state index in [0.29, 0.717) is 24.2 Å². The Morgan fingerprint density at radius 1 is 1.50 bits per heavy atom. The predicted octanol–water partition coefficient (Wildman–Crippen LogP) is 0.796. The Balaban J connectivity index is 1.91. The molecule has 0 radical (unpaired) electrons. The number of nitrogens with two attached hydrogens (primary N) is 1. The first-order valence-corrected chi connectivity index (χ1v) is 6.31. The molecular formula is C11H13N5OS. The largest absolute Gasteiger partial charge is 0.352 e. The van der Waals surface area contributed by atoms with Gasteiger partial charge in [0, 0.05) is 30.7 Å². The maximum Gasteiger partial charge on any atom is 0.255 e. The first-order valence-electron chi connectivity index (χ1n) is 5.37. The normalized spacial score (nSPS) is 10.1. The van der Waals surface area contributed by atoms with E-state index >= 15 is 0 Å². The van der Waals surface area contributed by atoms with Crippen molar-refractivity contribution in [1.82, 2.24) is 15.3 Å². The molecule has 18 heavy (non-hydrogen) atoms. The molecule has 0 fully saturated rings. The van der Waals surface area contributed by atoms with Gasteiger partial charge in [-0.15, -0.1) is 11.3 Å². The zero-order valence-corrected chi connectivity index (χ0v) is 10.4. The van der Waals surface area contributed by atoms with Gasteiger partial charge < -0.3 is 10.7 Å². The van der Waals surface area contributed by atoms with Gasteiger partial charge in [-0.1, -0.05) is 0 Å². The number of nitrogen functional groups attached to an aromatic ring is 1. The number of hydrogen-bond donors (Lipinski definition) is 3. The Bertz CT molecular complexity index is 514. The number of hydrazine groups is 1. The van der Waals surface area contributed by atoms with E-state index in [0.717, 1.165) is 5.69 Å². The van der Waals surface area contributed by atoms with Crippen molar-refractivity contribution in [2.45, 2.75) is 6.42 Å². The van der Waals surface area contributed by atoms with Crippen LogP contribution in [-0.2, 0) is 6.42 Å². The van der Waals surface area contributed by atoms with Crippen molar-refractivity contribution in [1.29, 1.82) is 0 Å². The number of pyridine rings is 1. The third kappa shape index (κ3) is 3.02. The SMILES string of the molecule is NNc1ccncc1C(=O)NCCc1cscn1. The molecule has 0 aliphatic rings. The van der Waals surface area contributed by atoms with Crippen LogP contribution in [-0.4, -0.2) is 22.4 Å². The van der Waals surface area contributed by atoms with Gasteiger partial charge in [-0.3, -0.25) is 15.6 Å². The van der Waals surface area contributed by atoms with E-state index in [1.54, 1.807) is 29.1 Å². The van der Waals surface area contributed by atoms with Crippen molar-refractivity contribution in [2.24, 2.45) is 5.84 Å². The molecule has 0 aliphatic carbocycles. The summed E-state index contributed by atoms with van der Waals surface area (Å²) in [5, 5.41) is 4.76. The highest BCUT2D eigenvalue weighted by Crippen LogP contribution is 2.11. The predicted molar refractivity (Wildman–Crippen MR) is 70.2 cm³/mol. The molecule has 2 rings (SSSR count). The van der Waals surface area contributed by atoms with Gasteiger partial charge in [-0.25, -0.2) is 4.98 Å². The number of rotatable bonds is 5. The molecule has 1 amide bonds. The summed E-state index contributed by atoms with van der Waals surface area (Å²) in [6.07, 6.45) is 3.76. The summed E-state index contributed by atoms with van der Waals surface area (Å²) in [6, 6.07) is 1.65. The number of carbonyl (C=O) groups excluding carboxylic acids is 1. The van der Waals surface area contributed by atoms with Crippen molar-refractivity contribution in [2.75, 3.05) is 12.0 Å². The molecule has 0 aliphatic heterocycles. The van der Waals surface area contributed by atoms with Crippen molar-refractivity contribution in [3.63, 3.8) is 0 Å². The lowest BCUT2D eigenvalue weighted by Crippen LogP contribution is -2.27. The Hall–Kier alpha value is -1.99. The van der Waals surface area contributed by atoms with Crippen molar-refractivity contribution in [3.05, 3.63) is 40.6 Å². The molecule has 0 bridgehead atoms. The lowest BCUT2D eigenvalue weighted by Gasteiger charge is -2.08. The maximum atomic E-state index is 11.9. The van der Waals surface area contributed by atoms with E-state index in [9.17, 15) is 4.79 Å². The topological polar surface area (TPSA) is 92.9 Å². The number of anilines is 1. The highest BCUT2D eigenvalue weighted by atomic mass is 32.1. The third-order valence-corrected chi connectivity index (χ3v) is 3.01. The van der Waals surface area contributed by atoms with Gasteiger partial charge in [0.2, 0.25) is 0 Å². The minimum absolute atomic E-state index is 0.203. The van der Waals surface area contributed by atoms with Gasteiger partial charge >= 0.3 is 0 Å². The molecule has 4 N–H and O–H groups in total. The number of amides is 1. The number of carbonyl (C=O) groups is 1. The van der Waals surface area contributed by atoms with E-state index < -0.39 is 0 Å². The minimum atomic E-state index is -0.203. The van der Waals surface area contributed by atoms with Crippen molar-refractivity contribution < 1.29 is 4.79 Å². The van der Waals surface area contributed by atoms with Crippen LogP contribution in [0.15, 0.2) is 29.4 Å². The molecule has 7 heteroatoms. The van der Waals surface area contributed by atoms with Crippen LogP contribution in [0.5, 0.6) is 0 Å². The number of hydrogen-bond acceptors (Lipinski definition) is 6. The molecule has 6 nitrogen and oxygen atoms in total. The molecule has 2 heterocycles. The van der Waals surface area contributed by atoms with Gasteiger partial charge in [-0.05, 0) is 6.07 Å². The Labute approximate surface area is 108 Å². The number of thiazole rings is 1. The Morgan fingerprint density at radius 2 is 2.39 bits per heavy atom. The first-order chi connectivity index (χ1) is 8.81. The summed E-state index contributed by atoms with van der Waals surface area (Å²) >= 11 is 1.54. The highest BCUT2D eigenvalue weighted by molar-refractivity contribution is 7.07. The van der Waals surface area contributed by atoms with Gasteiger partial charge in [0.1, 0.15) is 0 Å². The van der Waals surface area contributed by atoms with Crippen LogP contribution in [0.3, 0.4) is 0 Å². The molecule has 0 atom stereocenters. The van der Waals surface area contributed by atoms with Gasteiger partial charge in [0.05, 0.1) is 22.5 Å². The second kappa shape index (κ2) is 6.08. The molecule has 0 aromatic carbocycles. The fourth-order valence-corrected chi connectivity index (χ4v) is 2.05. The summed E-state index contributed by atoms with van der Waals surface area (Å²) in [4.78, 5) is 19.9. The van der Waals surface area contributed by atoms with Crippen LogP contribution in [0.1, 0.15) is 16.1 Å². The number of nitrogens with zero attached hydrogens (tertiary/aromatic N) is 2. The second-order valence-corrected chi connectivity index (χ2v) is 4.27. The van der Waals surface area contributed by atoms with Crippen LogP contribution in [0.2, 0.25) is 0 Å². The summed E-state index contributed by atoms with van der Waals surface area (Å²) < 4.78 is 0. The maximum absolute atomic E-state index is 11.9. The summed E-state index contributed by atoms with van der Waals surface area (Å²) in [5.74, 6) is 5.13. The van der Waals surface area contributed by atoms with Crippen LogP contribution < -0.4 is 16.6 Å².